The molecule has 1 aromatic heterocycles. The van der Waals surface area contributed by atoms with Crippen LogP contribution in [0.15, 0.2) is 30.3 Å². The molecule has 0 aliphatic carbocycles. The van der Waals surface area contributed by atoms with Crippen molar-refractivity contribution in [2.45, 2.75) is 33.1 Å². The van der Waals surface area contributed by atoms with Crippen LogP contribution in [0.3, 0.4) is 0 Å². The van der Waals surface area contributed by atoms with Crippen molar-refractivity contribution in [3.63, 3.8) is 0 Å². The van der Waals surface area contributed by atoms with Crippen LogP contribution in [-0.2, 0) is 15.0 Å². The zero-order valence-corrected chi connectivity index (χ0v) is 14.9. The molecule has 126 valence electrons. The molecule has 2 rings (SSSR count). The van der Waals surface area contributed by atoms with Gasteiger partial charge in [-0.15, -0.1) is 10.2 Å². The Hall–Kier alpha value is -2.54. The second-order valence-electron chi connectivity index (χ2n) is 6.29. The second kappa shape index (κ2) is 7.35. The molecule has 0 atom stereocenters. The van der Waals surface area contributed by atoms with E-state index in [1.165, 1.54) is 24.3 Å². The van der Waals surface area contributed by atoms with Gasteiger partial charge in [-0.2, -0.15) is 0 Å². The van der Waals surface area contributed by atoms with Crippen molar-refractivity contribution in [1.82, 2.24) is 10.2 Å². The van der Waals surface area contributed by atoms with Gasteiger partial charge in [0.15, 0.2) is 0 Å². The van der Waals surface area contributed by atoms with E-state index in [0.717, 1.165) is 10.6 Å². The Morgan fingerprint density at radius 1 is 1.08 bits per heavy atom. The largest absolute Gasteiger partial charge is 0.326 e. The van der Waals surface area contributed by atoms with Crippen LogP contribution in [0.1, 0.15) is 38.3 Å². The van der Waals surface area contributed by atoms with Gasteiger partial charge in [0, 0.05) is 24.1 Å². The summed E-state index contributed by atoms with van der Waals surface area (Å²) in [6.45, 7) is 7.59. The minimum Gasteiger partial charge on any atom is -0.326 e. The van der Waals surface area contributed by atoms with Crippen LogP contribution in [0.2, 0.25) is 0 Å². The van der Waals surface area contributed by atoms with Gasteiger partial charge < -0.3 is 5.32 Å². The summed E-state index contributed by atoms with van der Waals surface area (Å²) in [4.78, 5) is 22.9. The monoisotopic (exact) mass is 344 g/mol. The van der Waals surface area contributed by atoms with Crippen molar-refractivity contribution in [1.29, 1.82) is 0 Å². The van der Waals surface area contributed by atoms with E-state index in [9.17, 15) is 9.59 Å². The Balaban J connectivity index is 1.95. The number of hydrogen-bond acceptors (Lipinski definition) is 5. The molecule has 0 radical (unpaired) electrons. The van der Waals surface area contributed by atoms with Gasteiger partial charge in [-0.25, -0.2) is 0 Å². The molecule has 0 saturated carbocycles. The maximum absolute atomic E-state index is 11.9. The normalized spacial score (nSPS) is 11.5. The van der Waals surface area contributed by atoms with Gasteiger partial charge in [0.25, 0.3) is 0 Å². The van der Waals surface area contributed by atoms with Gasteiger partial charge in [0.1, 0.15) is 5.01 Å². The molecule has 0 spiro atoms. The third kappa shape index (κ3) is 5.27. The lowest BCUT2D eigenvalue weighted by molar-refractivity contribution is -0.114. The van der Waals surface area contributed by atoms with E-state index in [2.05, 4.69) is 20.8 Å². The highest BCUT2D eigenvalue weighted by molar-refractivity contribution is 7.15. The van der Waals surface area contributed by atoms with Crippen LogP contribution < -0.4 is 10.6 Å². The summed E-state index contributed by atoms with van der Waals surface area (Å²) in [6.07, 6.45) is 3.13. The zero-order valence-electron chi connectivity index (χ0n) is 14.1. The number of anilines is 2. The van der Waals surface area contributed by atoms with Crippen molar-refractivity contribution >= 4 is 40.0 Å². The number of nitrogens with one attached hydrogen (secondary N) is 2. The van der Waals surface area contributed by atoms with E-state index in [4.69, 9.17) is 0 Å². The Morgan fingerprint density at radius 3 is 2.29 bits per heavy atom. The average Bonchev–Trinajstić information content (AvgIpc) is 2.94. The fourth-order valence-corrected chi connectivity index (χ4v) is 2.58. The first kappa shape index (κ1) is 17.8. The highest BCUT2D eigenvalue weighted by Crippen LogP contribution is 2.27. The van der Waals surface area contributed by atoms with E-state index >= 15 is 0 Å². The van der Waals surface area contributed by atoms with Gasteiger partial charge in [0.05, 0.1) is 0 Å². The van der Waals surface area contributed by atoms with E-state index in [-0.39, 0.29) is 17.2 Å². The Labute approximate surface area is 145 Å². The summed E-state index contributed by atoms with van der Waals surface area (Å²) < 4.78 is 0. The zero-order chi connectivity index (χ0) is 17.7. The van der Waals surface area contributed by atoms with Gasteiger partial charge >= 0.3 is 0 Å². The number of carbonyl (C=O) groups excluding carboxylic acids is 2. The van der Waals surface area contributed by atoms with Crippen molar-refractivity contribution in [2.75, 3.05) is 10.6 Å². The highest BCUT2D eigenvalue weighted by Gasteiger charge is 2.19. The predicted octanol–water partition coefficient (Wildman–Crippen LogP) is 3.45. The number of rotatable bonds is 4. The predicted molar refractivity (Wildman–Crippen MR) is 97.0 cm³/mol. The maximum Gasteiger partial charge on any atom is 0.250 e. The first-order chi connectivity index (χ1) is 11.2. The number of aromatic nitrogens is 2. The lowest BCUT2D eigenvalue weighted by atomic mass is 9.98. The molecule has 0 aliphatic rings. The van der Waals surface area contributed by atoms with E-state index in [1.54, 1.807) is 18.2 Å². The summed E-state index contributed by atoms with van der Waals surface area (Å²) in [7, 11) is 0. The number of nitrogens with zero attached hydrogens (tertiary/aromatic N) is 2. The van der Waals surface area contributed by atoms with Crippen molar-refractivity contribution in [2.24, 2.45) is 0 Å². The molecule has 7 heteroatoms. The van der Waals surface area contributed by atoms with Gasteiger partial charge in [-0.05, 0) is 23.8 Å². The SMILES string of the molecule is CC(=O)Nc1ccc(/C=C/C(=O)Nc2nnc(C(C)(C)C)s2)cc1. The van der Waals surface area contributed by atoms with Gasteiger partial charge in [0.2, 0.25) is 16.9 Å². The quantitative estimate of drug-likeness (QED) is 0.832. The van der Waals surface area contributed by atoms with Crippen LogP contribution in [0.25, 0.3) is 6.08 Å². The maximum atomic E-state index is 11.9. The van der Waals surface area contributed by atoms with Crippen LogP contribution in [0.5, 0.6) is 0 Å². The lowest BCUT2D eigenvalue weighted by Gasteiger charge is -2.12. The third-order valence-electron chi connectivity index (χ3n) is 2.95. The molecule has 2 N–H and O–H groups in total. The molecule has 0 unspecified atom stereocenters. The fraction of sp³-hybridized carbons (Fsp3) is 0.294. The topological polar surface area (TPSA) is 84.0 Å². The molecular weight excluding hydrogens is 324 g/mol. The van der Waals surface area contributed by atoms with Crippen LogP contribution >= 0.6 is 11.3 Å². The van der Waals surface area contributed by atoms with Crippen molar-refractivity contribution in [3.05, 3.63) is 40.9 Å². The Morgan fingerprint density at radius 2 is 1.75 bits per heavy atom. The molecule has 0 bridgehead atoms. The third-order valence-corrected chi connectivity index (χ3v) is 4.22. The molecule has 2 aromatic rings. The molecule has 0 saturated heterocycles. The number of hydrogen-bond donors (Lipinski definition) is 2. The van der Waals surface area contributed by atoms with Gasteiger partial charge in [-0.3, -0.25) is 14.9 Å². The van der Waals surface area contributed by atoms with E-state index in [0.29, 0.717) is 10.8 Å². The summed E-state index contributed by atoms with van der Waals surface area (Å²) in [6, 6.07) is 7.19. The number of benzene rings is 1. The van der Waals surface area contributed by atoms with Gasteiger partial charge in [-0.1, -0.05) is 44.2 Å². The molecule has 2 amide bonds. The fourth-order valence-electron chi connectivity index (χ4n) is 1.78. The van der Waals surface area contributed by atoms with Crippen molar-refractivity contribution < 1.29 is 9.59 Å². The summed E-state index contributed by atoms with van der Waals surface area (Å²) in [5.74, 6) is -0.387. The molecule has 0 aliphatic heterocycles. The molecule has 24 heavy (non-hydrogen) atoms. The minimum absolute atomic E-state index is 0.0911. The first-order valence-electron chi connectivity index (χ1n) is 7.45. The molecule has 0 fully saturated rings. The second-order valence-corrected chi connectivity index (χ2v) is 7.27. The first-order valence-corrected chi connectivity index (χ1v) is 8.26. The smallest absolute Gasteiger partial charge is 0.250 e. The van der Waals surface area contributed by atoms with Crippen LogP contribution in [0, 0.1) is 0 Å². The lowest BCUT2D eigenvalue weighted by Crippen LogP contribution is -2.10. The minimum atomic E-state index is -0.266. The van der Waals surface area contributed by atoms with E-state index in [1.807, 2.05) is 32.9 Å². The average molecular weight is 344 g/mol. The Kier molecular flexibility index (Phi) is 5.46. The van der Waals surface area contributed by atoms with E-state index < -0.39 is 0 Å². The van der Waals surface area contributed by atoms with Crippen LogP contribution in [0.4, 0.5) is 10.8 Å². The standard InChI is InChI=1S/C17H20N4O2S/c1-11(22)18-13-8-5-12(6-9-13)7-10-14(23)19-16-21-20-15(24-16)17(2,3)4/h5-10H,1-4H3,(H,18,22)(H,19,21,23)/b10-7+. The summed E-state index contributed by atoms with van der Waals surface area (Å²) >= 11 is 1.37. The summed E-state index contributed by atoms with van der Waals surface area (Å²) in [5.41, 5.74) is 1.48. The molecule has 6 nitrogen and oxygen atoms in total. The van der Waals surface area contributed by atoms with Crippen molar-refractivity contribution in [3.8, 4) is 0 Å². The Bertz CT molecular complexity index is 758. The molecular formula is C17H20N4O2S. The molecule has 1 aromatic carbocycles. The number of amides is 2. The summed E-state index contributed by atoms with van der Waals surface area (Å²) in [5, 5.41) is 14.8. The highest BCUT2D eigenvalue weighted by atomic mass is 32.1. The molecule has 1 heterocycles. The van der Waals surface area contributed by atoms with Crippen LogP contribution in [-0.4, -0.2) is 22.0 Å². The number of carbonyl (C=O) groups is 2.